The highest BCUT2D eigenvalue weighted by atomic mass is 32.2. The van der Waals surface area contributed by atoms with Crippen LogP contribution < -0.4 is 14.4 Å². The highest BCUT2D eigenvalue weighted by Gasteiger charge is 2.26. The molecule has 0 atom stereocenters. The molecular formula is C35H30FN3O5S. The number of benzene rings is 3. The van der Waals surface area contributed by atoms with Crippen molar-refractivity contribution in [1.29, 1.82) is 0 Å². The number of hydrogen-bond donors (Lipinski definition) is 1. The predicted octanol–water partition coefficient (Wildman–Crippen LogP) is 6.72. The number of amides is 1. The molecule has 0 spiro atoms. The zero-order valence-corrected chi connectivity index (χ0v) is 25.9. The Morgan fingerprint density at radius 1 is 1.02 bits per heavy atom. The molecule has 0 aliphatic heterocycles. The molecule has 1 amide bonds. The second-order valence-electron chi connectivity index (χ2n) is 10.7. The number of halogens is 1. The lowest BCUT2D eigenvalue weighted by molar-refractivity contribution is 0.0964. The number of nitrogens with one attached hydrogen (secondary N) is 1. The smallest absolute Gasteiger partial charge is 0.255 e. The van der Waals surface area contributed by atoms with E-state index in [4.69, 9.17) is 9.15 Å². The number of anilines is 1. The van der Waals surface area contributed by atoms with Crippen molar-refractivity contribution in [2.24, 2.45) is 0 Å². The zero-order chi connectivity index (χ0) is 31.9. The summed E-state index contributed by atoms with van der Waals surface area (Å²) < 4.78 is 52.6. The van der Waals surface area contributed by atoms with Gasteiger partial charge >= 0.3 is 0 Å². The number of rotatable bonds is 7. The first kappa shape index (κ1) is 29.8. The van der Waals surface area contributed by atoms with Crippen LogP contribution in [0.4, 0.5) is 10.1 Å². The van der Waals surface area contributed by atoms with Gasteiger partial charge in [-0.05, 0) is 77.2 Å². The van der Waals surface area contributed by atoms with Crippen LogP contribution >= 0.6 is 0 Å². The molecule has 5 aromatic rings. The van der Waals surface area contributed by atoms with Crippen LogP contribution in [0.2, 0.25) is 0 Å². The third-order valence-corrected chi connectivity index (χ3v) is 9.14. The summed E-state index contributed by atoms with van der Waals surface area (Å²) in [5, 5.41) is 3.14. The van der Waals surface area contributed by atoms with E-state index < -0.39 is 21.7 Å². The Balaban J connectivity index is 1.59. The number of methoxy groups -OCH3 is 1. The van der Waals surface area contributed by atoms with Crippen molar-refractivity contribution >= 4 is 44.2 Å². The van der Waals surface area contributed by atoms with Gasteiger partial charge in [0.15, 0.2) is 0 Å². The monoisotopic (exact) mass is 623 g/mol. The lowest BCUT2D eigenvalue weighted by atomic mass is 9.94. The fourth-order valence-corrected chi connectivity index (χ4v) is 6.01. The number of allylic oxidation sites excluding steroid dienone is 3. The van der Waals surface area contributed by atoms with Crippen LogP contribution in [-0.4, -0.2) is 46.8 Å². The lowest BCUT2D eigenvalue weighted by Gasteiger charge is -2.21. The van der Waals surface area contributed by atoms with Crippen molar-refractivity contribution in [3.05, 3.63) is 113 Å². The van der Waals surface area contributed by atoms with Gasteiger partial charge in [-0.1, -0.05) is 24.3 Å². The maximum absolute atomic E-state index is 13.7. The molecule has 8 nitrogen and oxygen atoms in total. The van der Waals surface area contributed by atoms with E-state index in [1.165, 1.54) is 42.7 Å². The number of hydrogen-bond acceptors (Lipinski definition) is 6. The van der Waals surface area contributed by atoms with Gasteiger partial charge in [-0.15, -0.1) is 0 Å². The molecule has 1 N–H and O–H groups in total. The number of aromatic nitrogens is 1. The van der Waals surface area contributed by atoms with Crippen molar-refractivity contribution in [3.63, 3.8) is 0 Å². The van der Waals surface area contributed by atoms with Crippen LogP contribution in [0.3, 0.4) is 0 Å². The van der Waals surface area contributed by atoms with E-state index in [9.17, 15) is 17.6 Å². The molecule has 0 unspecified atom stereocenters. The van der Waals surface area contributed by atoms with Crippen LogP contribution in [0.25, 0.3) is 45.1 Å². The number of carbonyl (C=O) groups is 1. The zero-order valence-electron chi connectivity index (χ0n) is 25.1. The summed E-state index contributed by atoms with van der Waals surface area (Å²) >= 11 is 0. The number of fused-ring (bicyclic) bond motifs is 2. The van der Waals surface area contributed by atoms with Crippen molar-refractivity contribution in [3.8, 4) is 28.2 Å². The number of sulfonamides is 1. The molecule has 0 bridgehead atoms. The van der Waals surface area contributed by atoms with Crippen molar-refractivity contribution in [2.75, 3.05) is 31.8 Å². The summed E-state index contributed by atoms with van der Waals surface area (Å²) in [6.07, 6.45) is 11.6. The molecule has 0 fully saturated rings. The van der Waals surface area contributed by atoms with E-state index in [1.807, 2.05) is 42.6 Å². The van der Waals surface area contributed by atoms with E-state index in [1.54, 1.807) is 25.4 Å². The normalized spacial score (nSPS) is 12.8. The third-order valence-electron chi connectivity index (χ3n) is 7.95. The minimum absolute atomic E-state index is 0.243. The number of carbonyl (C=O) groups excluding carboxylic acids is 1. The molecule has 3 aromatic carbocycles. The van der Waals surface area contributed by atoms with Crippen molar-refractivity contribution < 1.29 is 26.8 Å². The fraction of sp³-hybridized carbons (Fsp3) is 0.143. The molecule has 228 valence electrons. The maximum atomic E-state index is 13.7. The molecule has 1 aliphatic carbocycles. The van der Waals surface area contributed by atoms with Gasteiger partial charge in [-0.25, -0.2) is 12.8 Å². The molecule has 1 aliphatic rings. The Kier molecular flexibility index (Phi) is 7.76. The SMILES string of the molecule is CNC(=O)c1c(-c2ccc(F)cc2)oc2cc(N(C)S(C)(=O)=O)c(-c3ccc(OC)c(C4=CCc5cnccc5C=C4)c3)cc12. The standard InChI is InChI=1S/C35H30FN3O5S/c1-37-35(40)33-29-18-27(30(39(2)45(4,41)42)19-32(29)44-34(33)23-9-12-26(36)13-10-23)24-11-14-31(43-3)28(17-24)22-6-5-21-15-16-38-20-25(21)8-7-22/h5-7,9-20H,8H2,1-4H3,(H,37,40). The minimum Gasteiger partial charge on any atom is -0.496 e. The Morgan fingerprint density at radius 2 is 1.78 bits per heavy atom. The first-order valence-electron chi connectivity index (χ1n) is 14.1. The van der Waals surface area contributed by atoms with E-state index in [-0.39, 0.29) is 11.3 Å². The van der Waals surface area contributed by atoms with Gasteiger partial charge in [-0.2, -0.15) is 0 Å². The van der Waals surface area contributed by atoms with Gasteiger partial charge in [0.1, 0.15) is 22.9 Å². The first-order valence-corrected chi connectivity index (χ1v) is 16.0. The van der Waals surface area contributed by atoms with Crippen LogP contribution in [0.5, 0.6) is 5.75 Å². The van der Waals surface area contributed by atoms with Crippen molar-refractivity contribution in [2.45, 2.75) is 6.42 Å². The summed E-state index contributed by atoms with van der Waals surface area (Å²) in [4.78, 5) is 17.5. The van der Waals surface area contributed by atoms with Crippen molar-refractivity contribution in [1.82, 2.24) is 10.3 Å². The number of nitrogens with zero attached hydrogens (tertiary/aromatic N) is 2. The molecule has 0 saturated carbocycles. The first-order chi connectivity index (χ1) is 21.6. The average Bonchev–Trinajstić information content (AvgIpc) is 3.27. The molecular weight excluding hydrogens is 593 g/mol. The Hall–Kier alpha value is -5.22. The van der Waals surface area contributed by atoms with Crippen LogP contribution in [0.1, 0.15) is 27.0 Å². The molecule has 6 rings (SSSR count). The number of pyridine rings is 1. The molecule has 2 aromatic heterocycles. The molecule has 45 heavy (non-hydrogen) atoms. The number of ether oxygens (including phenoxy) is 1. The van der Waals surface area contributed by atoms with E-state index in [0.29, 0.717) is 45.5 Å². The van der Waals surface area contributed by atoms with Crippen LogP contribution in [0.15, 0.2) is 89.6 Å². The molecule has 10 heteroatoms. The summed E-state index contributed by atoms with van der Waals surface area (Å²) in [5.74, 6) is 0.0603. The minimum atomic E-state index is -3.70. The third kappa shape index (κ3) is 5.60. The maximum Gasteiger partial charge on any atom is 0.255 e. The second-order valence-corrected chi connectivity index (χ2v) is 12.7. The van der Waals surface area contributed by atoms with Gasteiger partial charge < -0.3 is 14.5 Å². The second kappa shape index (κ2) is 11.7. The Morgan fingerprint density at radius 3 is 2.49 bits per heavy atom. The van der Waals surface area contributed by atoms with E-state index >= 15 is 0 Å². The number of furan rings is 1. The van der Waals surface area contributed by atoms with Crippen LogP contribution in [0, 0.1) is 5.82 Å². The Labute approximate surface area is 260 Å². The topological polar surface area (TPSA) is 102 Å². The molecule has 0 saturated heterocycles. The van der Waals surface area contributed by atoms with Gasteiger partial charge in [0.2, 0.25) is 10.0 Å². The summed E-state index contributed by atoms with van der Waals surface area (Å²) in [6, 6.07) is 16.6. The summed E-state index contributed by atoms with van der Waals surface area (Å²) in [5.41, 5.74) is 6.58. The lowest BCUT2D eigenvalue weighted by Crippen LogP contribution is -2.25. The van der Waals surface area contributed by atoms with Gasteiger partial charge in [0.25, 0.3) is 5.91 Å². The molecule has 0 radical (unpaired) electrons. The summed E-state index contributed by atoms with van der Waals surface area (Å²) in [7, 11) is 0.887. The summed E-state index contributed by atoms with van der Waals surface area (Å²) in [6.45, 7) is 0. The Bertz CT molecular complexity index is 2130. The highest BCUT2D eigenvalue weighted by Crippen LogP contribution is 2.43. The molecule has 2 heterocycles. The van der Waals surface area contributed by atoms with Gasteiger partial charge in [0, 0.05) is 54.6 Å². The van der Waals surface area contributed by atoms with E-state index in [2.05, 4.69) is 16.4 Å². The average molecular weight is 624 g/mol. The fourth-order valence-electron chi connectivity index (χ4n) is 5.50. The van der Waals surface area contributed by atoms with E-state index in [0.717, 1.165) is 28.5 Å². The van der Waals surface area contributed by atoms with Gasteiger partial charge in [0.05, 0.1) is 24.6 Å². The van der Waals surface area contributed by atoms with Gasteiger partial charge in [-0.3, -0.25) is 14.1 Å². The quantitative estimate of drug-likeness (QED) is 0.216. The predicted molar refractivity (Wildman–Crippen MR) is 175 cm³/mol. The highest BCUT2D eigenvalue weighted by molar-refractivity contribution is 7.92. The van der Waals surface area contributed by atoms with Crippen LogP contribution in [-0.2, 0) is 16.4 Å². The largest absolute Gasteiger partial charge is 0.496 e.